The number of benzene rings is 1. The van der Waals surface area contributed by atoms with E-state index in [9.17, 15) is 18.0 Å². The number of nitrogen functional groups attached to an aromatic ring is 1. The molecule has 20 heavy (non-hydrogen) atoms. The summed E-state index contributed by atoms with van der Waals surface area (Å²) in [6, 6.07) is 3.26. The first kappa shape index (κ1) is 14.9. The molecule has 1 atom stereocenters. The van der Waals surface area contributed by atoms with Crippen LogP contribution in [0.25, 0.3) is 0 Å². The van der Waals surface area contributed by atoms with Crippen LogP contribution in [0.3, 0.4) is 0 Å². The van der Waals surface area contributed by atoms with E-state index in [-0.39, 0.29) is 9.37 Å². The fourth-order valence-corrected chi connectivity index (χ4v) is 4.44. The molecule has 1 aliphatic rings. The lowest BCUT2D eigenvalue weighted by atomic mass is 10.2. The Morgan fingerprint density at radius 1 is 1.40 bits per heavy atom. The van der Waals surface area contributed by atoms with Crippen molar-refractivity contribution in [2.75, 3.05) is 12.3 Å². The van der Waals surface area contributed by atoms with Crippen LogP contribution in [0.1, 0.15) is 6.92 Å². The average Bonchev–Trinajstić information content (AvgIpc) is 2.33. The van der Waals surface area contributed by atoms with Crippen LogP contribution in [0.2, 0.25) is 0 Å². The van der Waals surface area contributed by atoms with E-state index in [2.05, 4.69) is 21.2 Å². The minimum Gasteiger partial charge on any atom is -0.399 e. The standard InChI is InChI=1S/C11H12BrN3O4S/c1-6-11(17)14-10(16)5-15(6)20(18,19)9-3-2-7(13)4-8(9)12/h2-4,6H,5,13H2,1H3,(H,14,16,17). The summed E-state index contributed by atoms with van der Waals surface area (Å²) >= 11 is 3.13. The van der Waals surface area contributed by atoms with Gasteiger partial charge in [-0.2, -0.15) is 4.31 Å². The highest BCUT2D eigenvalue weighted by atomic mass is 79.9. The van der Waals surface area contributed by atoms with Crippen LogP contribution in [-0.2, 0) is 19.6 Å². The van der Waals surface area contributed by atoms with Crippen molar-refractivity contribution in [3.63, 3.8) is 0 Å². The van der Waals surface area contributed by atoms with Crippen LogP contribution < -0.4 is 11.1 Å². The Hall–Kier alpha value is -1.45. The monoisotopic (exact) mass is 361 g/mol. The van der Waals surface area contributed by atoms with Crippen molar-refractivity contribution >= 4 is 43.5 Å². The second kappa shape index (κ2) is 5.15. The zero-order chi connectivity index (χ0) is 15.1. The molecule has 1 saturated heterocycles. The molecule has 1 unspecified atom stereocenters. The zero-order valence-corrected chi connectivity index (χ0v) is 12.9. The first-order valence-corrected chi connectivity index (χ1v) is 7.87. The lowest BCUT2D eigenvalue weighted by Crippen LogP contribution is -2.58. The second-order valence-electron chi connectivity index (χ2n) is 4.33. The molecule has 1 fully saturated rings. The number of amides is 2. The number of hydrogen-bond donors (Lipinski definition) is 2. The molecule has 1 aromatic carbocycles. The molecule has 9 heteroatoms. The summed E-state index contributed by atoms with van der Waals surface area (Å²) < 4.78 is 26.2. The Balaban J connectivity index is 2.48. The number of nitrogens with two attached hydrogens (primary N) is 1. The quantitative estimate of drug-likeness (QED) is 0.572. The molecular formula is C11H12BrN3O4S. The van der Waals surface area contributed by atoms with Gasteiger partial charge in [-0.25, -0.2) is 8.42 Å². The maximum absolute atomic E-state index is 12.5. The van der Waals surface area contributed by atoms with Crippen LogP contribution >= 0.6 is 15.9 Å². The summed E-state index contributed by atoms with van der Waals surface area (Å²) in [6.45, 7) is 1.02. The van der Waals surface area contributed by atoms with E-state index in [1.54, 1.807) is 0 Å². The van der Waals surface area contributed by atoms with Crippen LogP contribution in [0.4, 0.5) is 5.69 Å². The molecule has 2 amide bonds. The molecule has 0 aromatic heterocycles. The SMILES string of the molecule is CC1C(=O)NC(=O)CN1S(=O)(=O)c1ccc(N)cc1Br. The molecule has 0 bridgehead atoms. The minimum absolute atomic E-state index is 0.0407. The van der Waals surface area contributed by atoms with E-state index in [4.69, 9.17) is 5.73 Å². The van der Waals surface area contributed by atoms with Gasteiger partial charge in [0.05, 0.1) is 11.4 Å². The number of imide groups is 1. The number of halogens is 1. The minimum atomic E-state index is -3.98. The Labute approximate surface area is 124 Å². The highest BCUT2D eigenvalue weighted by Gasteiger charge is 2.39. The van der Waals surface area contributed by atoms with Gasteiger partial charge in [0.15, 0.2) is 0 Å². The molecule has 7 nitrogen and oxygen atoms in total. The number of piperazine rings is 1. The third-order valence-electron chi connectivity index (χ3n) is 2.92. The molecule has 0 aliphatic carbocycles. The predicted octanol–water partition coefficient (Wildman–Crippen LogP) is 0.0669. The van der Waals surface area contributed by atoms with Gasteiger partial charge in [-0.15, -0.1) is 0 Å². The van der Waals surface area contributed by atoms with Gasteiger partial charge >= 0.3 is 0 Å². The Morgan fingerprint density at radius 3 is 2.65 bits per heavy atom. The fourth-order valence-electron chi connectivity index (χ4n) is 1.84. The number of anilines is 1. The van der Waals surface area contributed by atoms with E-state index in [1.807, 2.05) is 0 Å². The summed E-state index contributed by atoms with van der Waals surface area (Å²) in [5, 5.41) is 2.09. The molecule has 108 valence electrons. The molecule has 0 saturated carbocycles. The first-order valence-electron chi connectivity index (χ1n) is 5.64. The molecule has 3 N–H and O–H groups in total. The van der Waals surface area contributed by atoms with Crippen LogP contribution in [0, 0.1) is 0 Å². The third kappa shape index (κ3) is 2.56. The molecule has 1 aliphatic heterocycles. The van der Waals surface area contributed by atoms with Gasteiger partial charge < -0.3 is 5.73 Å². The smallest absolute Gasteiger partial charge is 0.245 e. The number of sulfonamides is 1. The van der Waals surface area contributed by atoms with Gasteiger partial charge in [-0.1, -0.05) is 0 Å². The first-order chi connectivity index (χ1) is 9.23. The summed E-state index contributed by atoms with van der Waals surface area (Å²) in [5.74, 6) is -1.29. The van der Waals surface area contributed by atoms with Crippen molar-refractivity contribution in [2.24, 2.45) is 0 Å². The van der Waals surface area contributed by atoms with Gasteiger partial charge in [-0.3, -0.25) is 14.9 Å². The van der Waals surface area contributed by atoms with E-state index >= 15 is 0 Å². The van der Waals surface area contributed by atoms with Gasteiger partial charge in [0.25, 0.3) is 0 Å². The van der Waals surface area contributed by atoms with Crippen molar-refractivity contribution in [1.29, 1.82) is 0 Å². The number of carbonyl (C=O) groups excluding carboxylic acids is 2. The predicted molar refractivity (Wildman–Crippen MR) is 75.1 cm³/mol. The summed E-state index contributed by atoms with van der Waals surface area (Å²) in [7, 11) is -3.98. The van der Waals surface area contributed by atoms with Crippen LogP contribution in [-0.4, -0.2) is 37.1 Å². The Kier molecular flexibility index (Phi) is 3.85. The van der Waals surface area contributed by atoms with E-state index in [0.717, 1.165) is 4.31 Å². The molecule has 1 aromatic rings. The zero-order valence-electron chi connectivity index (χ0n) is 10.5. The highest BCUT2D eigenvalue weighted by molar-refractivity contribution is 9.10. The molecular weight excluding hydrogens is 350 g/mol. The van der Waals surface area contributed by atoms with Crippen LogP contribution in [0.5, 0.6) is 0 Å². The van der Waals surface area contributed by atoms with Crippen molar-refractivity contribution in [3.05, 3.63) is 22.7 Å². The number of nitrogens with one attached hydrogen (secondary N) is 1. The Morgan fingerprint density at radius 2 is 2.05 bits per heavy atom. The number of hydrogen-bond acceptors (Lipinski definition) is 5. The molecule has 0 radical (unpaired) electrons. The van der Waals surface area contributed by atoms with Gasteiger partial charge in [-0.05, 0) is 41.1 Å². The van der Waals surface area contributed by atoms with E-state index in [1.165, 1.54) is 25.1 Å². The van der Waals surface area contributed by atoms with E-state index in [0.29, 0.717) is 5.69 Å². The maximum Gasteiger partial charge on any atom is 0.245 e. The number of nitrogens with zero attached hydrogens (tertiary/aromatic N) is 1. The van der Waals surface area contributed by atoms with Crippen molar-refractivity contribution in [3.8, 4) is 0 Å². The molecule has 0 spiro atoms. The third-order valence-corrected chi connectivity index (χ3v) is 5.81. The number of rotatable bonds is 2. The van der Waals surface area contributed by atoms with Crippen molar-refractivity contribution in [1.82, 2.24) is 9.62 Å². The lowest BCUT2D eigenvalue weighted by Gasteiger charge is -2.30. The normalized spacial score (nSPS) is 20.8. The van der Waals surface area contributed by atoms with Gasteiger partial charge in [0.2, 0.25) is 21.8 Å². The second-order valence-corrected chi connectivity index (χ2v) is 7.04. The average molecular weight is 362 g/mol. The largest absolute Gasteiger partial charge is 0.399 e. The lowest BCUT2D eigenvalue weighted by molar-refractivity contribution is -0.136. The Bertz CT molecular complexity index is 689. The van der Waals surface area contributed by atoms with Gasteiger partial charge in [0.1, 0.15) is 6.04 Å². The summed E-state index contributed by atoms with van der Waals surface area (Å²) in [6.07, 6.45) is 0. The van der Waals surface area contributed by atoms with Gasteiger partial charge in [0, 0.05) is 10.2 Å². The highest BCUT2D eigenvalue weighted by Crippen LogP contribution is 2.28. The molecule has 1 heterocycles. The maximum atomic E-state index is 12.5. The van der Waals surface area contributed by atoms with Crippen LogP contribution in [0.15, 0.2) is 27.6 Å². The fraction of sp³-hybridized carbons (Fsp3) is 0.273. The number of carbonyl (C=O) groups is 2. The summed E-state index contributed by atoms with van der Waals surface area (Å²) in [5.41, 5.74) is 5.96. The van der Waals surface area contributed by atoms with E-state index < -0.39 is 34.4 Å². The van der Waals surface area contributed by atoms with Crippen molar-refractivity contribution < 1.29 is 18.0 Å². The van der Waals surface area contributed by atoms with Crippen molar-refractivity contribution in [2.45, 2.75) is 17.9 Å². The molecule has 2 rings (SSSR count). The summed E-state index contributed by atoms with van der Waals surface area (Å²) in [4.78, 5) is 22.9. The topological polar surface area (TPSA) is 110 Å².